The van der Waals surface area contributed by atoms with Crippen molar-refractivity contribution in [3.05, 3.63) is 23.9 Å². The SMILES string of the molecule is CC(C)C1N(C)CC12C[C@@H](O)[C@H](NCc1ccc(N(C)C)nc1)C2. The Morgan fingerprint density at radius 2 is 2.12 bits per heavy atom. The number of hydrogen-bond donors (Lipinski definition) is 2. The molecule has 2 fully saturated rings. The van der Waals surface area contributed by atoms with Gasteiger partial charge in [-0.2, -0.15) is 0 Å². The quantitative estimate of drug-likeness (QED) is 0.860. The van der Waals surface area contributed by atoms with Gasteiger partial charge in [-0.1, -0.05) is 19.9 Å². The molecule has 0 aromatic carbocycles. The van der Waals surface area contributed by atoms with Crippen molar-refractivity contribution in [3.8, 4) is 0 Å². The summed E-state index contributed by atoms with van der Waals surface area (Å²) in [6.45, 7) is 6.48. The van der Waals surface area contributed by atoms with E-state index in [1.54, 1.807) is 0 Å². The molecule has 2 N–H and O–H groups in total. The van der Waals surface area contributed by atoms with Gasteiger partial charge < -0.3 is 20.2 Å². The first kappa shape index (κ1) is 17.6. The lowest BCUT2D eigenvalue weighted by molar-refractivity contribution is -0.0828. The minimum absolute atomic E-state index is 0.188. The predicted octanol–water partition coefficient (Wildman–Crippen LogP) is 1.72. The molecule has 5 heteroatoms. The third-order valence-electron chi connectivity index (χ3n) is 5.84. The lowest BCUT2D eigenvalue weighted by Gasteiger charge is -2.57. The molecule has 2 unspecified atom stereocenters. The van der Waals surface area contributed by atoms with Gasteiger partial charge in [0.2, 0.25) is 0 Å². The van der Waals surface area contributed by atoms with Gasteiger partial charge in [0, 0.05) is 50.9 Å². The van der Waals surface area contributed by atoms with Gasteiger partial charge in [-0.3, -0.25) is 0 Å². The van der Waals surface area contributed by atoms with Gasteiger partial charge in [-0.25, -0.2) is 4.98 Å². The van der Waals surface area contributed by atoms with Gasteiger partial charge in [0.1, 0.15) is 5.82 Å². The van der Waals surface area contributed by atoms with Crippen molar-refractivity contribution in [2.24, 2.45) is 11.3 Å². The Labute approximate surface area is 146 Å². The average Bonchev–Trinajstić information content (AvgIpc) is 2.82. The molecule has 0 bridgehead atoms. The maximum atomic E-state index is 10.6. The van der Waals surface area contributed by atoms with Crippen LogP contribution in [0.5, 0.6) is 0 Å². The molecule has 1 aromatic rings. The molecule has 24 heavy (non-hydrogen) atoms. The highest BCUT2D eigenvalue weighted by molar-refractivity contribution is 5.37. The topological polar surface area (TPSA) is 51.6 Å². The Balaban J connectivity index is 1.58. The summed E-state index contributed by atoms with van der Waals surface area (Å²) in [6.07, 6.45) is 3.68. The zero-order chi connectivity index (χ0) is 17.5. The molecule has 1 saturated carbocycles. The van der Waals surface area contributed by atoms with Crippen molar-refractivity contribution in [1.29, 1.82) is 0 Å². The van der Waals surface area contributed by atoms with E-state index in [1.165, 1.54) is 5.56 Å². The zero-order valence-corrected chi connectivity index (χ0v) is 15.7. The normalized spacial score (nSPS) is 33.2. The Morgan fingerprint density at radius 1 is 1.38 bits per heavy atom. The van der Waals surface area contributed by atoms with Crippen LogP contribution in [0, 0.1) is 11.3 Å². The zero-order valence-electron chi connectivity index (χ0n) is 15.7. The second kappa shape index (κ2) is 6.62. The standard InChI is InChI=1S/C19H32N4O/c1-13(2)18-19(12-23(18)5)8-15(16(24)9-19)20-10-14-6-7-17(21-11-14)22(3)4/h6-7,11,13,15-16,18,20,24H,8-10,12H2,1-5H3/t15-,16-,18?,19?/m1/s1. The number of likely N-dealkylation sites (tertiary alicyclic amines) is 1. The van der Waals surface area contributed by atoms with Crippen molar-refractivity contribution in [3.63, 3.8) is 0 Å². The minimum atomic E-state index is -0.242. The summed E-state index contributed by atoms with van der Waals surface area (Å²) in [7, 11) is 6.20. The lowest BCUT2D eigenvalue weighted by Crippen LogP contribution is -2.64. The van der Waals surface area contributed by atoms with Crippen LogP contribution in [0.25, 0.3) is 0 Å². The number of pyridine rings is 1. The summed E-state index contributed by atoms with van der Waals surface area (Å²) < 4.78 is 0. The highest BCUT2D eigenvalue weighted by Crippen LogP contribution is 2.52. The molecule has 0 amide bonds. The van der Waals surface area contributed by atoms with Gasteiger partial charge in [-0.15, -0.1) is 0 Å². The summed E-state index contributed by atoms with van der Waals surface area (Å²) in [5, 5.41) is 14.1. The number of aromatic nitrogens is 1. The fourth-order valence-electron chi connectivity index (χ4n) is 5.09. The number of aliphatic hydroxyl groups is 1. The van der Waals surface area contributed by atoms with Crippen LogP contribution < -0.4 is 10.2 Å². The van der Waals surface area contributed by atoms with E-state index in [4.69, 9.17) is 0 Å². The van der Waals surface area contributed by atoms with Crippen LogP contribution in [-0.4, -0.2) is 60.9 Å². The van der Waals surface area contributed by atoms with Crippen LogP contribution in [0.15, 0.2) is 18.3 Å². The molecule has 1 aliphatic carbocycles. The largest absolute Gasteiger partial charge is 0.391 e. The summed E-state index contributed by atoms with van der Waals surface area (Å²) in [4.78, 5) is 8.91. The highest BCUT2D eigenvalue weighted by Gasteiger charge is 2.57. The van der Waals surface area contributed by atoms with Crippen molar-refractivity contribution >= 4 is 5.82 Å². The van der Waals surface area contributed by atoms with Crippen LogP contribution in [0.1, 0.15) is 32.3 Å². The molecule has 1 aliphatic heterocycles. The van der Waals surface area contributed by atoms with E-state index >= 15 is 0 Å². The molecule has 0 radical (unpaired) electrons. The van der Waals surface area contributed by atoms with E-state index in [-0.39, 0.29) is 12.1 Å². The first-order valence-corrected chi connectivity index (χ1v) is 9.06. The van der Waals surface area contributed by atoms with Gasteiger partial charge in [-0.05, 0) is 37.4 Å². The van der Waals surface area contributed by atoms with Crippen molar-refractivity contribution in [2.45, 2.75) is 51.4 Å². The third-order valence-corrected chi connectivity index (χ3v) is 5.84. The molecule has 3 rings (SSSR count). The Kier molecular flexibility index (Phi) is 4.87. The Morgan fingerprint density at radius 3 is 2.67 bits per heavy atom. The summed E-state index contributed by atoms with van der Waals surface area (Å²) >= 11 is 0. The van der Waals surface area contributed by atoms with Crippen LogP contribution in [0.2, 0.25) is 0 Å². The molecule has 2 heterocycles. The van der Waals surface area contributed by atoms with Crippen molar-refractivity contribution in [2.75, 3.05) is 32.6 Å². The molecule has 1 saturated heterocycles. The number of nitrogens with one attached hydrogen (secondary N) is 1. The molecule has 1 aromatic heterocycles. The van der Waals surface area contributed by atoms with Crippen LogP contribution in [-0.2, 0) is 6.54 Å². The molecule has 134 valence electrons. The second-order valence-electron chi connectivity index (χ2n) is 8.35. The highest BCUT2D eigenvalue weighted by atomic mass is 16.3. The Hall–Kier alpha value is -1.17. The number of nitrogens with zero attached hydrogens (tertiary/aromatic N) is 3. The van der Waals surface area contributed by atoms with Crippen LogP contribution in [0.3, 0.4) is 0 Å². The van der Waals surface area contributed by atoms with Crippen LogP contribution in [0.4, 0.5) is 5.82 Å². The van der Waals surface area contributed by atoms with Crippen LogP contribution >= 0.6 is 0 Å². The van der Waals surface area contributed by atoms with Gasteiger partial charge >= 0.3 is 0 Å². The molecule has 1 spiro atoms. The predicted molar refractivity (Wildman–Crippen MR) is 98.1 cm³/mol. The number of hydrogen-bond acceptors (Lipinski definition) is 5. The van der Waals surface area contributed by atoms with Crippen molar-refractivity contribution in [1.82, 2.24) is 15.2 Å². The fraction of sp³-hybridized carbons (Fsp3) is 0.737. The van der Waals surface area contributed by atoms with E-state index in [9.17, 15) is 5.11 Å². The smallest absolute Gasteiger partial charge is 0.127 e. The number of anilines is 1. The molecular weight excluding hydrogens is 300 g/mol. The third kappa shape index (κ3) is 3.17. The van der Waals surface area contributed by atoms with E-state index in [0.717, 1.165) is 31.7 Å². The number of rotatable bonds is 5. The molecule has 4 atom stereocenters. The summed E-state index contributed by atoms with van der Waals surface area (Å²) in [6, 6.07) is 4.94. The lowest BCUT2D eigenvalue weighted by atomic mass is 9.66. The molecule has 2 aliphatic rings. The van der Waals surface area contributed by atoms with Crippen molar-refractivity contribution < 1.29 is 5.11 Å². The first-order chi connectivity index (χ1) is 11.3. The monoisotopic (exact) mass is 332 g/mol. The Bertz CT molecular complexity index is 554. The maximum Gasteiger partial charge on any atom is 0.127 e. The van der Waals surface area contributed by atoms with Gasteiger partial charge in [0.25, 0.3) is 0 Å². The molecule has 5 nitrogen and oxygen atoms in total. The summed E-state index contributed by atoms with van der Waals surface area (Å²) in [5.41, 5.74) is 1.47. The maximum absolute atomic E-state index is 10.6. The average molecular weight is 332 g/mol. The van der Waals surface area contributed by atoms with Gasteiger partial charge in [0.05, 0.1) is 6.10 Å². The second-order valence-corrected chi connectivity index (χ2v) is 8.35. The van der Waals surface area contributed by atoms with E-state index in [0.29, 0.717) is 17.4 Å². The van der Waals surface area contributed by atoms with E-state index in [1.807, 2.05) is 31.3 Å². The minimum Gasteiger partial charge on any atom is -0.391 e. The first-order valence-electron chi connectivity index (χ1n) is 9.06. The van der Waals surface area contributed by atoms with E-state index in [2.05, 4.69) is 42.2 Å². The summed E-state index contributed by atoms with van der Waals surface area (Å²) in [5.74, 6) is 1.60. The number of aliphatic hydroxyl groups excluding tert-OH is 1. The van der Waals surface area contributed by atoms with E-state index < -0.39 is 0 Å². The molecular formula is C19H32N4O. The van der Waals surface area contributed by atoms with Gasteiger partial charge in [0.15, 0.2) is 0 Å². The fourth-order valence-corrected chi connectivity index (χ4v) is 5.09.